The fourth-order valence-corrected chi connectivity index (χ4v) is 2.56. The van der Waals surface area contributed by atoms with Gasteiger partial charge in [0.05, 0.1) is 13.1 Å². The smallest absolute Gasteiger partial charge is 0.254 e. The highest BCUT2D eigenvalue weighted by Crippen LogP contribution is 2.23. The van der Waals surface area contributed by atoms with Gasteiger partial charge < -0.3 is 9.64 Å². The number of carbonyl (C=O) groups is 1. The van der Waals surface area contributed by atoms with Crippen molar-refractivity contribution >= 4 is 5.91 Å². The maximum atomic E-state index is 12.4. The molecule has 0 saturated carbocycles. The van der Waals surface area contributed by atoms with Crippen LogP contribution in [0.4, 0.5) is 0 Å². The normalized spacial score (nSPS) is 15.2. The summed E-state index contributed by atoms with van der Waals surface area (Å²) in [5, 5.41) is 0. The van der Waals surface area contributed by atoms with Gasteiger partial charge in [0.25, 0.3) is 5.91 Å². The Morgan fingerprint density at radius 3 is 2.39 bits per heavy atom. The third-order valence-electron chi connectivity index (χ3n) is 4.06. The van der Waals surface area contributed by atoms with E-state index in [4.69, 9.17) is 4.74 Å². The highest BCUT2D eigenvalue weighted by atomic mass is 16.5. The highest BCUT2D eigenvalue weighted by molar-refractivity contribution is 5.94. The number of carbonyl (C=O) groups excluding carboxylic acids is 1. The second-order valence-electron chi connectivity index (χ2n) is 6.95. The molecular weight excluding hydrogens is 288 g/mol. The molecule has 1 aromatic heterocycles. The summed E-state index contributed by atoms with van der Waals surface area (Å²) in [7, 11) is 0. The molecule has 2 aromatic rings. The molecule has 1 fully saturated rings. The molecule has 1 saturated heterocycles. The van der Waals surface area contributed by atoms with E-state index in [0.29, 0.717) is 19.0 Å². The highest BCUT2D eigenvalue weighted by Gasteiger charge is 2.33. The molecule has 23 heavy (non-hydrogen) atoms. The average Bonchev–Trinajstić information content (AvgIpc) is 2.50. The molecular formula is C19H22N2O2. The van der Waals surface area contributed by atoms with Crippen LogP contribution in [0.1, 0.15) is 36.7 Å². The van der Waals surface area contributed by atoms with Gasteiger partial charge >= 0.3 is 0 Å². The fourth-order valence-electron chi connectivity index (χ4n) is 2.56. The average molecular weight is 310 g/mol. The van der Waals surface area contributed by atoms with Crippen LogP contribution in [0.3, 0.4) is 0 Å². The fraction of sp³-hybridized carbons (Fsp3) is 0.368. The second kappa shape index (κ2) is 6.03. The molecule has 0 bridgehead atoms. The minimum Gasteiger partial charge on any atom is -0.471 e. The van der Waals surface area contributed by atoms with Crippen molar-refractivity contribution in [2.75, 3.05) is 13.1 Å². The first-order valence-electron chi connectivity index (χ1n) is 7.91. The number of hydrogen-bond acceptors (Lipinski definition) is 3. The van der Waals surface area contributed by atoms with Gasteiger partial charge in [0.15, 0.2) is 0 Å². The number of nitrogens with zero attached hydrogens (tertiary/aromatic N) is 2. The van der Waals surface area contributed by atoms with Crippen LogP contribution in [-0.2, 0) is 5.41 Å². The van der Waals surface area contributed by atoms with Crippen LogP contribution >= 0.6 is 0 Å². The van der Waals surface area contributed by atoms with Crippen LogP contribution < -0.4 is 4.74 Å². The predicted octanol–water partition coefficient (Wildman–Crippen LogP) is 3.28. The minimum absolute atomic E-state index is 0.0303. The zero-order chi connectivity index (χ0) is 16.4. The number of amides is 1. The van der Waals surface area contributed by atoms with Crippen LogP contribution in [0.15, 0.2) is 48.7 Å². The molecule has 1 amide bonds. The lowest BCUT2D eigenvalue weighted by Gasteiger charge is -2.38. The monoisotopic (exact) mass is 310 g/mol. The Kier molecular flexibility index (Phi) is 4.07. The summed E-state index contributed by atoms with van der Waals surface area (Å²) in [6.07, 6.45) is 1.73. The Morgan fingerprint density at radius 1 is 1.13 bits per heavy atom. The summed E-state index contributed by atoms with van der Waals surface area (Å²) < 4.78 is 5.73. The van der Waals surface area contributed by atoms with E-state index in [-0.39, 0.29) is 17.4 Å². The molecule has 1 aliphatic rings. The van der Waals surface area contributed by atoms with Gasteiger partial charge in [-0.1, -0.05) is 39.0 Å². The van der Waals surface area contributed by atoms with Crippen molar-refractivity contribution in [3.63, 3.8) is 0 Å². The molecule has 4 nitrogen and oxygen atoms in total. The Morgan fingerprint density at radius 2 is 1.83 bits per heavy atom. The lowest BCUT2D eigenvalue weighted by molar-refractivity contribution is 0.0160. The van der Waals surface area contributed by atoms with E-state index in [9.17, 15) is 4.79 Å². The standard InChI is InChI=1S/C19H22N2O2/c1-19(2,3)15-9-7-14(8-10-15)18(22)21-12-16(13-21)23-17-6-4-5-11-20-17/h4-11,16H,12-13H2,1-3H3. The maximum absolute atomic E-state index is 12.4. The number of benzene rings is 1. The Labute approximate surface area is 137 Å². The Balaban J connectivity index is 1.56. The molecule has 1 aliphatic heterocycles. The van der Waals surface area contributed by atoms with Crippen molar-refractivity contribution < 1.29 is 9.53 Å². The van der Waals surface area contributed by atoms with Crippen molar-refractivity contribution in [1.29, 1.82) is 0 Å². The van der Waals surface area contributed by atoms with Gasteiger partial charge in [-0.2, -0.15) is 0 Å². The van der Waals surface area contributed by atoms with Crippen molar-refractivity contribution in [2.24, 2.45) is 0 Å². The van der Waals surface area contributed by atoms with Gasteiger partial charge in [-0.05, 0) is 29.2 Å². The van der Waals surface area contributed by atoms with Crippen molar-refractivity contribution in [3.05, 3.63) is 59.8 Å². The van der Waals surface area contributed by atoms with Gasteiger partial charge in [-0.15, -0.1) is 0 Å². The third-order valence-corrected chi connectivity index (χ3v) is 4.06. The Bertz CT molecular complexity index is 669. The van der Waals surface area contributed by atoms with Crippen LogP contribution in [0.5, 0.6) is 5.88 Å². The molecule has 1 aromatic carbocycles. The van der Waals surface area contributed by atoms with Crippen molar-refractivity contribution in [3.8, 4) is 5.88 Å². The van der Waals surface area contributed by atoms with Crippen LogP contribution in [0, 0.1) is 0 Å². The first-order valence-corrected chi connectivity index (χ1v) is 7.91. The summed E-state index contributed by atoms with van der Waals surface area (Å²) in [4.78, 5) is 18.4. The maximum Gasteiger partial charge on any atom is 0.254 e. The van der Waals surface area contributed by atoms with Gasteiger partial charge in [-0.3, -0.25) is 4.79 Å². The third kappa shape index (κ3) is 3.52. The van der Waals surface area contributed by atoms with E-state index in [1.165, 1.54) is 5.56 Å². The van der Waals surface area contributed by atoms with Gasteiger partial charge in [0.1, 0.15) is 6.10 Å². The molecule has 4 heteroatoms. The van der Waals surface area contributed by atoms with Gasteiger partial charge in [0.2, 0.25) is 5.88 Å². The Hall–Kier alpha value is -2.36. The summed E-state index contributed by atoms with van der Waals surface area (Å²) in [5.74, 6) is 0.672. The summed E-state index contributed by atoms with van der Waals surface area (Å²) in [5.41, 5.74) is 2.06. The number of hydrogen-bond donors (Lipinski definition) is 0. The minimum atomic E-state index is 0.0303. The van der Waals surface area contributed by atoms with E-state index in [0.717, 1.165) is 5.56 Å². The molecule has 0 unspecified atom stereocenters. The zero-order valence-corrected chi connectivity index (χ0v) is 13.8. The first-order chi connectivity index (χ1) is 10.9. The number of aromatic nitrogens is 1. The van der Waals surface area contributed by atoms with Crippen molar-refractivity contribution in [1.82, 2.24) is 9.88 Å². The number of pyridine rings is 1. The lowest BCUT2D eigenvalue weighted by atomic mass is 9.86. The molecule has 0 aliphatic carbocycles. The van der Waals surface area contributed by atoms with Gasteiger partial charge in [-0.25, -0.2) is 4.98 Å². The van der Waals surface area contributed by atoms with Crippen LogP contribution in [0.2, 0.25) is 0 Å². The van der Waals surface area contributed by atoms with Crippen LogP contribution in [0.25, 0.3) is 0 Å². The first kappa shape index (κ1) is 15.5. The van der Waals surface area contributed by atoms with Crippen LogP contribution in [-0.4, -0.2) is 35.0 Å². The number of likely N-dealkylation sites (tertiary alicyclic amines) is 1. The summed E-state index contributed by atoms with van der Waals surface area (Å²) in [6.45, 7) is 7.71. The molecule has 0 atom stereocenters. The number of rotatable bonds is 3. The molecule has 3 rings (SSSR count). The van der Waals surface area contributed by atoms with Gasteiger partial charge in [0, 0.05) is 17.8 Å². The van der Waals surface area contributed by atoms with E-state index in [1.54, 1.807) is 11.1 Å². The molecule has 0 radical (unpaired) electrons. The molecule has 2 heterocycles. The predicted molar refractivity (Wildman–Crippen MR) is 89.7 cm³/mol. The molecule has 120 valence electrons. The quantitative estimate of drug-likeness (QED) is 0.873. The molecule has 0 spiro atoms. The SMILES string of the molecule is CC(C)(C)c1ccc(C(=O)N2CC(Oc3ccccn3)C2)cc1. The molecule has 0 N–H and O–H groups in total. The largest absolute Gasteiger partial charge is 0.471 e. The topological polar surface area (TPSA) is 42.4 Å². The van der Waals surface area contributed by atoms with E-state index in [2.05, 4.69) is 25.8 Å². The van der Waals surface area contributed by atoms with E-state index in [1.807, 2.05) is 42.5 Å². The summed E-state index contributed by atoms with van der Waals surface area (Å²) >= 11 is 0. The second-order valence-corrected chi connectivity index (χ2v) is 6.95. The summed E-state index contributed by atoms with van der Waals surface area (Å²) in [6, 6.07) is 13.5. The van der Waals surface area contributed by atoms with E-state index < -0.39 is 0 Å². The van der Waals surface area contributed by atoms with E-state index >= 15 is 0 Å². The lowest BCUT2D eigenvalue weighted by Crippen LogP contribution is -2.56. The number of ether oxygens (including phenoxy) is 1. The van der Waals surface area contributed by atoms with Crippen molar-refractivity contribution in [2.45, 2.75) is 32.3 Å². The zero-order valence-electron chi connectivity index (χ0n) is 13.8.